The highest BCUT2D eigenvalue weighted by molar-refractivity contribution is 9.10. The summed E-state index contributed by atoms with van der Waals surface area (Å²) in [5.41, 5.74) is 7.05. The fourth-order valence-corrected chi connectivity index (χ4v) is 4.45. The summed E-state index contributed by atoms with van der Waals surface area (Å²) in [4.78, 5) is 0.254. The zero-order valence-electron chi connectivity index (χ0n) is 12.0. The Morgan fingerprint density at radius 1 is 1.40 bits per heavy atom. The first-order valence-corrected chi connectivity index (χ1v) is 9.01. The monoisotopic (exact) mass is 360 g/mol. The lowest BCUT2D eigenvalue weighted by Crippen LogP contribution is -2.33. The molecule has 0 bridgehead atoms. The predicted octanol–water partition coefficient (Wildman–Crippen LogP) is 3.05. The Morgan fingerprint density at radius 3 is 2.50 bits per heavy atom. The summed E-state index contributed by atoms with van der Waals surface area (Å²) >= 11 is 3.29. The minimum Gasteiger partial charge on any atom is -0.398 e. The van der Waals surface area contributed by atoms with Gasteiger partial charge in [0.2, 0.25) is 10.0 Å². The molecule has 3 N–H and O–H groups in total. The topological polar surface area (TPSA) is 72.2 Å². The van der Waals surface area contributed by atoms with E-state index in [1.54, 1.807) is 19.1 Å². The third-order valence-corrected chi connectivity index (χ3v) is 6.37. The van der Waals surface area contributed by atoms with Crippen LogP contribution in [-0.4, -0.2) is 15.0 Å². The van der Waals surface area contributed by atoms with Crippen LogP contribution in [0.1, 0.15) is 32.3 Å². The molecule has 112 valence electrons. The first kappa shape index (κ1) is 15.8. The number of hydrogen-bond acceptors (Lipinski definition) is 3. The Balaban J connectivity index is 2.23. The highest BCUT2D eigenvalue weighted by atomic mass is 79.9. The van der Waals surface area contributed by atoms with E-state index in [0.29, 0.717) is 28.2 Å². The van der Waals surface area contributed by atoms with Crippen molar-refractivity contribution in [2.24, 2.45) is 11.3 Å². The maximum atomic E-state index is 12.5. The Labute approximate surface area is 129 Å². The van der Waals surface area contributed by atoms with E-state index in [9.17, 15) is 8.42 Å². The molecule has 0 radical (unpaired) electrons. The van der Waals surface area contributed by atoms with Gasteiger partial charge in [0, 0.05) is 16.7 Å². The van der Waals surface area contributed by atoms with Gasteiger partial charge in [0.25, 0.3) is 0 Å². The minimum absolute atomic E-state index is 0.137. The van der Waals surface area contributed by atoms with E-state index in [2.05, 4.69) is 34.5 Å². The molecule has 0 saturated heterocycles. The summed E-state index contributed by atoms with van der Waals surface area (Å²) in [5.74, 6) is 0.485. The third-order valence-electron chi connectivity index (χ3n) is 4.39. The Bertz CT molecular complexity index is 622. The molecule has 0 amide bonds. The van der Waals surface area contributed by atoms with Crippen LogP contribution < -0.4 is 10.5 Å². The van der Waals surface area contributed by atoms with Crippen LogP contribution in [-0.2, 0) is 10.0 Å². The lowest BCUT2D eigenvalue weighted by atomic mass is 9.93. The van der Waals surface area contributed by atoms with Crippen molar-refractivity contribution in [1.82, 2.24) is 4.72 Å². The minimum atomic E-state index is -3.52. The number of halogens is 1. The maximum absolute atomic E-state index is 12.5. The average Bonchev–Trinajstić information content (AvgIpc) is 3.12. The van der Waals surface area contributed by atoms with Crippen molar-refractivity contribution in [2.45, 2.75) is 38.5 Å². The Morgan fingerprint density at radius 2 is 2.00 bits per heavy atom. The van der Waals surface area contributed by atoms with Crippen LogP contribution in [0.3, 0.4) is 0 Å². The number of sulfonamides is 1. The Kier molecular flexibility index (Phi) is 4.19. The van der Waals surface area contributed by atoms with E-state index in [1.165, 1.54) is 0 Å². The summed E-state index contributed by atoms with van der Waals surface area (Å²) in [7, 11) is -3.52. The molecular weight excluding hydrogens is 340 g/mol. The molecule has 20 heavy (non-hydrogen) atoms. The maximum Gasteiger partial charge on any atom is 0.240 e. The van der Waals surface area contributed by atoms with Crippen molar-refractivity contribution in [3.05, 3.63) is 22.2 Å². The van der Waals surface area contributed by atoms with Crippen LogP contribution in [0.15, 0.2) is 21.5 Å². The van der Waals surface area contributed by atoms with Crippen LogP contribution in [0.25, 0.3) is 0 Å². The number of hydrogen-bond donors (Lipinski definition) is 2. The second kappa shape index (κ2) is 5.31. The standard InChI is InChI=1S/C14H21BrN2O2S/c1-9(2)14(4-5-14)8-17-20(18,19)13-7-11(15)6-12(16)10(13)3/h6-7,9,17H,4-5,8,16H2,1-3H3. The van der Waals surface area contributed by atoms with Crippen molar-refractivity contribution in [3.8, 4) is 0 Å². The van der Waals surface area contributed by atoms with Gasteiger partial charge in [-0.2, -0.15) is 0 Å². The molecule has 2 rings (SSSR count). The van der Waals surface area contributed by atoms with E-state index in [-0.39, 0.29) is 10.3 Å². The fourth-order valence-electron chi connectivity index (χ4n) is 2.39. The highest BCUT2D eigenvalue weighted by Gasteiger charge is 2.45. The average molecular weight is 361 g/mol. The van der Waals surface area contributed by atoms with Crippen molar-refractivity contribution in [1.29, 1.82) is 0 Å². The van der Waals surface area contributed by atoms with Gasteiger partial charge in [-0.1, -0.05) is 29.8 Å². The third kappa shape index (κ3) is 3.02. The quantitative estimate of drug-likeness (QED) is 0.792. The molecule has 1 saturated carbocycles. The zero-order valence-corrected chi connectivity index (χ0v) is 14.4. The SMILES string of the molecule is Cc1c(N)cc(Br)cc1S(=O)(=O)NCC1(C(C)C)CC1. The number of nitrogen functional groups attached to an aromatic ring is 1. The molecule has 0 atom stereocenters. The first-order chi connectivity index (χ1) is 9.18. The number of anilines is 1. The molecule has 1 aromatic rings. The van der Waals surface area contributed by atoms with Crippen LogP contribution >= 0.6 is 15.9 Å². The predicted molar refractivity (Wildman–Crippen MR) is 85.0 cm³/mol. The van der Waals surface area contributed by atoms with Crippen LogP contribution in [0, 0.1) is 18.3 Å². The van der Waals surface area contributed by atoms with E-state index >= 15 is 0 Å². The molecule has 0 aromatic heterocycles. The van der Waals surface area contributed by atoms with Gasteiger partial charge in [-0.3, -0.25) is 0 Å². The van der Waals surface area contributed by atoms with Gasteiger partial charge in [0.1, 0.15) is 0 Å². The number of nitrogens with one attached hydrogen (secondary N) is 1. The van der Waals surface area contributed by atoms with Gasteiger partial charge in [-0.05, 0) is 48.8 Å². The molecule has 0 aliphatic heterocycles. The molecule has 0 unspecified atom stereocenters. The van der Waals surface area contributed by atoms with Crippen LogP contribution in [0.2, 0.25) is 0 Å². The summed E-state index contributed by atoms with van der Waals surface area (Å²) in [5, 5.41) is 0. The van der Waals surface area contributed by atoms with Crippen molar-refractivity contribution >= 4 is 31.6 Å². The van der Waals surface area contributed by atoms with Crippen molar-refractivity contribution in [2.75, 3.05) is 12.3 Å². The summed E-state index contributed by atoms with van der Waals surface area (Å²) < 4.78 is 28.4. The lowest BCUT2D eigenvalue weighted by Gasteiger charge is -2.20. The largest absolute Gasteiger partial charge is 0.398 e. The first-order valence-electron chi connectivity index (χ1n) is 6.73. The lowest BCUT2D eigenvalue weighted by molar-refractivity contribution is 0.357. The van der Waals surface area contributed by atoms with Gasteiger partial charge in [-0.25, -0.2) is 13.1 Å². The van der Waals surface area contributed by atoms with Gasteiger partial charge in [-0.15, -0.1) is 0 Å². The molecule has 1 aliphatic rings. The zero-order chi connectivity index (χ0) is 15.1. The molecular formula is C14H21BrN2O2S. The molecule has 1 aromatic carbocycles. The van der Waals surface area contributed by atoms with E-state index < -0.39 is 10.0 Å². The van der Waals surface area contributed by atoms with E-state index in [1.807, 2.05) is 0 Å². The fraction of sp³-hybridized carbons (Fsp3) is 0.571. The van der Waals surface area contributed by atoms with Gasteiger partial charge in [0.15, 0.2) is 0 Å². The van der Waals surface area contributed by atoms with Crippen molar-refractivity contribution in [3.63, 3.8) is 0 Å². The van der Waals surface area contributed by atoms with Crippen LogP contribution in [0.4, 0.5) is 5.69 Å². The normalized spacial score (nSPS) is 17.4. The molecule has 0 heterocycles. The summed E-state index contributed by atoms with van der Waals surface area (Å²) in [6.45, 7) is 6.51. The molecule has 0 spiro atoms. The van der Waals surface area contributed by atoms with E-state index in [4.69, 9.17) is 5.73 Å². The van der Waals surface area contributed by atoms with Crippen molar-refractivity contribution < 1.29 is 8.42 Å². The highest BCUT2D eigenvalue weighted by Crippen LogP contribution is 2.51. The van der Waals surface area contributed by atoms with Gasteiger partial charge < -0.3 is 5.73 Å². The number of rotatable bonds is 5. The summed E-state index contributed by atoms with van der Waals surface area (Å²) in [6.07, 6.45) is 2.18. The van der Waals surface area contributed by atoms with Crippen LogP contribution in [0.5, 0.6) is 0 Å². The van der Waals surface area contributed by atoms with Gasteiger partial charge in [0.05, 0.1) is 4.90 Å². The second-order valence-corrected chi connectivity index (χ2v) is 8.61. The van der Waals surface area contributed by atoms with Gasteiger partial charge >= 0.3 is 0 Å². The number of nitrogens with two attached hydrogens (primary N) is 1. The molecule has 1 fully saturated rings. The second-order valence-electron chi connectivity index (χ2n) is 5.96. The summed E-state index contributed by atoms with van der Waals surface area (Å²) in [6, 6.07) is 3.31. The molecule has 1 aliphatic carbocycles. The molecule has 4 nitrogen and oxygen atoms in total. The smallest absolute Gasteiger partial charge is 0.240 e. The Hall–Kier alpha value is -0.590. The number of benzene rings is 1. The van der Waals surface area contributed by atoms with E-state index in [0.717, 1.165) is 12.8 Å². The molecule has 6 heteroatoms.